The molecule has 0 aliphatic carbocycles. The summed E-state index contributed by atoms with van der Waals surface area (Å²) in [6.07, 6.45) is -2.69. The van der Waals surface area contributed by atoms with Crippen LogP contribution in [0.2, 0.25) is 0 Å². The molecule has 1 aliphatic rings. The van der Waals surface area contributed by atoms with Gasteiger partial charge in [-0.2, -0.15) is 13.2 Å². The van der Waals surface area contributed by atoms with Crippen molar-refractivity contribution in [3.63, 3.8) is 0 Å². The summed E-state index contributed by atoms with van der Waals surface area (Å²) in [5, 5.41) is 0.535. The van der Waals surface area contributed by atoms with E-state index in [0.717, 1.165) is 11.6 Å². The monoisotopic (exact) mass is 458 g/mol. The summed E-state index contributed by atoms with van der Waals surface area (Å²) in [5.74, 6) is -0.0510. The molecule has 1 aromatic heterocycles. The first-order chi connectivity index (χ1) is 15.7. The maximum Gasteiger partial charge on any atom is 0.416 e. The molecule has 4 rings (SSSR count). The number of nitrogens with zero attached hydrogens (tertiary/aromatic N) is 4. The summed E-state index contributed by atoms with van der Waals surface area (Å²) in [6, 6.07) is 10.8. The van der Waals surface area contributed by atoms with Gasteiger partial charge in [0, 0.05) is 45.7 Å². The maximum atomic E-state index is 12.9. The Morgan fingerprint density at radius 1 is 1.06 bits per heavy atom. The second-order valence-corrected chi connectivity index (χ2v) is 8.32. The standard InChI is InChI=1S/C24H25F3N4O2/c1-17-4-2-7-20-22(17)28-16-31(23(20)33)9-8-21(32)30-12-10-29(11-13-30)15-18-5-3-6-19(14-18)24(25,26)27/h2-7,14,16H,8-13,15H2,1H3. The van der Waals surface area contributed by atoms with Gasteiger partial charge in [0.1, 0.15) is 0 Å². The Labute approximate surface area is 189 Å². The Hall–Kier alpha value is -3.20. The van der Waals surface area contributed by atoms with Gasteiger partial charge in [-0.3, -0.25) is 19.1 Å². The summed E-state index contributed by atoms with van der Waals surface area (Å²) in [4.78, 5) is 33.5. The number of aromatic nitrogens is 2. The lowest BCUT2D eigenvalue weighted by atomic mass is 10.1. The van der Waals surface area contributed by atoms with E-state index in [1.54, 1.807) is 17.0 Å². The van der Waals surface area contributed by atoms with Gasteiger partial charge in [-0.1, -0.05) is 30.3 Å². The smallest absolute Gasteiger partial charge is 0.340 e. The molecule has 33 heavy (non-hydrogen) atoms. The van der Waals surface area contributed by atoms with Crippen molar-refractivity contribution >= 4 is 16.8 Å². The van der Waals surface area contributed by atoms with E-state index in [0.29, 0.717) is 49.2 Å². The average Bonchev–Trinajstić information content (AvgIpc) is 2.79. The van der Waals surface area contributed by atoms with Crippen molar-refractivity contribution in [1.29, 1.82) is 0 Å². The zero-order valence-corrected chi connectivity index (χ0v) is 18.3. The maximum absolute atomic E-state index is 12.9. The number of halogens is 3. The van der Waals surface area contributed by atoms with E-state index in [2.05, 4.69) is 4.98 Å². The van der Waals surface area contributed by atoms with E-state index in [1.165, 1.54) is 23.0 Å². The van der Waals surface area contributed by atoms with Gasteiger partial charge in [0.05, 0.1) is 22.8 Å². The lowest BCUT2D eigenvalue weighted by Crippen LogP contribution is -2.48. The number of para-hydroxylation sites is 1. The molecule has 1 fully saturated rings. The molecule has 0 spiro atoms. The molecule has 1 saturated heterocycles. The van der Waals surface area contributed by atoms with Crippen molar-refractivity contribution in [3.8, 4) is 0 Å². The van der Waals surface area contributed by atoms with E-state index in [9.17, 15) is 22.8 Å². The highest BCUT2D eigenvalue weighted by atomic mass is 19.4. The van der Waals surface area contributed by atoms with E-state index in [4.69, 9.17) is 0 Å². The first-order valence-electron chi connectivity index (χ1n) is 10.8. The van der Waals surface area contributed by atoms with Crippen LogP contribution < -0.4 is 5.56 Å². The molecule has 2 aromatic carbocycles. The predicted molar refractivity (Wildman–Crippen MR) is 119 cm³/mol. The molecule has 3 aromatic rings. The highest BCUT2D eigenvalue weighted by molar-refractivity contribution is 5.80. The van der Waals surface area contributed by atoms with Crippen molar-refractivity contribution in [2.75, 3.05) is 26.2 Å². The van der Waals surface area contributed by atoms with Crippen LogP contribution in [-0.4, -0.2) is 51.4 Å². The molecular formula is C24H25F3N4O2. The highest BCUT2D eigenvalue weighted by Crippen LogP contribution is 2.29. The Balaban J connectivity index is 1.31. The number of hydrogen-bond acceptors (Lipinski definition) is 4. The zero-order valence-electron chi connectivity index (χ0n) is 18.3. The Morgan fingerprint density at radius 3 is 2.52 bits per heavy atom. The quantitative estimate of drug-likeness (QED) is 0.588. The van der Waals surface area contributed by atoms with Gasteiger partial charge >= 0.3 is 6.18 Å². The minimum Gasteiger partial charge on any atom is -0.340 e. The molecule has 6 nitrogen and oxygen atoms in total. The number of rotatable bonds is 5. The molecule has 1 amide bonds. The normalized spacial score (nSPS) is 15.2. The van der Waals surface area contributed by atoms with Gasteiger partial charge in [0.25, 0.3) is 5.56 Å². The summed E-state index contributed by atoms with van der Waals surface area (Å²) in [5.41, 5.74) is 1.38. The lowest BCUT2D eigenvalue weighted by molar-refractivity contribution is -0.137. The molecule has 9 heteroatoms. The van der Waals surface area contributed by atoms with Crippen molar-refractivity contribution in [3.05, 3.63) is 75.8 Å². The Bertz CT molecular complexity index is 1210. The van der Waals surface area contributed by atoms with E-state index in [1.807, 2.05) is 24.0 Å². The number of piperazine rings is 1. The van der Waals surface area contributed by atoms with Crippen LogP contribution >= 0.6 is 0 Å². The highest BCUT2D eigenvalue weighted by Gasteiger charge is 2.30. The Kier molecular flexibility index (Phi) is 6.51. The van der Waals surface area contributed by atoms with Gasteiger partial charge in [-0.25, -0.2) is 4.98 Å². The third-order valence-electron chi connectivity index (χ3n) is 6.01. The van der Waals surface area contributed by atoms with Gasteiger partial charge in [-0.15, -0.1) is 0 Å². The third-order valence-corrected chi connectivity index (χ3v) is 6.01. The van der Waals surface area contributed by atoms with Crippen LogP contribution in [0.25, 0.3) is 10.9 Å². The summed E-state index contributed by atoms with van der Waals surface area (Å²) in [7, 11) is 0. The molecule has 0 bridgehead atoms. The summed E-state index contributed by atoms with van der Waals surface area (Å²) in [6.45, 7) is 4.72. The largest absolute Gasteiger partial charge is 0.416 e. The van der Waals surface area contributed by atoms with Crippen LogP contribution in [0.15, 0.2) is 53.6 Å². The number of carbonyl (C=O) groups is 1. The second kappa shape index (κ2) is 9.35. The van der Waals surface area contributed by atoms with Crippen molar-refractivity contribution in [2.24, 2.45) is 0 Å². The van der Waals surface area contributed by atoms with Crippen molar-refractivity contribution in [2.45, 2.75) is 32.6 Å². The van der Waals surface area contributed by atoms with Gasteiger partial charge in [0.15, 0.2) is 0 Å². The van der Waals surface area contributed by atoms with E-state index in [-0.39, 0.29) is 24.4 Å². The van der Waals surface area contributed by atoms with Crippen LogP contribution in [-0.2, 0) is 24.1 Å². The first kappa shape index (κ1) is 23.0. The Morgan fingerprint density at radius 2 is 1.79 bits per heavy atom. The third kappa shape index (κ3) is 5.24. The van der Waals surface area contributed by atoms with Crippen molar-refractivity contribution in [1.82, 2.24) is 19.4 Å². The number of benzene rings is 2. The zero-order chi connectivity index (χ0) is 23.6. The minimum absolute atomic E-state index is 0.0510. The van der Waals surface area contributed by atoms with Crippen LogP contribution in [0, 0.1) is 6.92 Å². The number of hydrogen-bond donors (Lipinski definition) is 0. The number of alkyl halides is 3. The SMILES string of the molecule is Cc1cccc2c(=O)n(CCC(=O)N3CCN(Cc4cccc(C(F)(F)F)c4)CC3)cnc12. The first-order valence-corrected chi connectivity index (χ1v) is 10.8. The summed E-state index contributed by atoms with van der Waals surface area (Å²) < 4.78 is 40.2. The van der Waals surface area contributed by atoms with Crippen LogP contribution in [0.5, 0.6) is 0 Å². The van der Waals surface area contributed by atoms with E-state index < -0.39 is 11.7 Å². The fraction of sp³-hybridized carbons (Fsp3) is 0.375. The molecular weight excluding hydrogens is 433 g/mol. The molecule has 0 saturated carbocycles. The molecule has 0 N–H and O–H groups in total. The molecule has 0 unspecified atom stereocenters. The van der Waals surface area contributed by atoms with Gasteiger partial charge in [0.2, 0.25) is 5.91 Å². The fourth-order valence-corrected chi connectivity index (χ4v) is 4.13. The molecule has 0 radical (unpaired) electrons. The van der Waals surface area contributed by atoms with Gasteiger partial charge in [-0.05, 0) is 30.2 Å². The number of fused-ring (bicyclic) bond motifs is 1. The topological polar surface area (TPSA) is 58.4 Å². The molecule has 2 heterocycles. The number of carbonyl (C=O) groups excluding carboxylic acids is 1. The van der Waals surface area contributed by atoms with Crippen molar-refractivity contribution < 1.29 is 18.0 Å². The molecule has 1 aliphatic heterocycles. The van der Waals surface area contributed by atoms with Crippen LogP contribution in [0.4, 0.5) is 13.2 Å². The number of amides is 1. The van der Waals surface area contributed by atoms with E-state index >= 15 is 0 Å². The van der Waals surface area contributed by atoms with Crippen LogP contribution in [0.1, 0.15) is 23.1 Å². The molecule has 174 valence electrons. The molecule has 0 atom stereocenters. The summed E-state index contributed by atoms with van der Waals surface area (Å²) >= 11 is 0. The van der Waals surface area contributed by atoms with Gasteiger partial charge < -0.3 is 4.90 Å². The average molecular weight is 458 g/mol. The second-order valence-electron chi connectivity index (χ2n) is 8.32. The predicted octanol–water partition coefficient (Wildman–Crippen LogP) is 3.46. The number of aryl methyl sites for hydroxylation is 2. The van der Waals surface area contributed by atoms with Crippen LogP contribution in [0.3, 0.4) is 0 Å². The minimum atomic E-state index is -4.36. The lowest BCUT2D eigenvalue weighted by Gasteiger charge is -2.35. The fourth-order valence-electron chi connectivity index (χ4n) is 4.13.